The molecule has 1 aromatic rings. The first-order valence-corrected chi connectivity index (χ1v) is 6.61. The summed E-state index contributed by atoms with van der Waals surface area (Å²) in [5.41, 5.74) is 0.271. The SMILES string of the molecule is CC(Cc1n[nH]c(=S)n1C(C)(C)C)C(C)(C)C. The summed E-state index contributed by atoms with van der Waals surface area (Å²) in [5, 5.41) is 7.30. The van der Waals surface area contributed by atoms with E-state index in [0.717, 1.165) is 12.2 Å². The van der Waals surface area contributed by atoms with Gasteiger partial charge in [0.25, 0.3) is 0 Å². The van der Waals surface area contributed by atoms with Gasteiger partial charge < -0.3 is 0 Å². The van der Waals surface area contributed by atoms with Gasteiger partial charge in [-0.05, 0) is 44.3 Å². The van der Waals surface area contributed by atoms with Gasteiger partial charge in [0.1, 0.15) is 5.82 Å². The fourth-order valence-electron chi connectivity index (χ4n) is 1.74. The zero-order valence-electron chi connectivity index (χ0n) is 12.1. The Bertz CT molecular complexity index is 429. The Morgan fingerprint density at radius 1 is 1.24 bits per heavy atom. The minimum Gasteiger partial charge on any atom is -0.299 e. The molecule has 0 aliphatic rings. The van der Waals surface area contributed by atoms with Crippen LogP contribution in [0.25, 0.3) is 0 Å². The second-order valence-corrected chi connectivity index (χ2v) is 7.31. The van der Waals surface area contributed by atoms with Crippen molar-refractivity contribution in [3.8, 4) is 0 Å². The van der Waals surface area contributed by atoms with Crippen LogP contribution in [-0.4, -0.2) is 14.8 Å². The number of nitrogens with one attached hydrogen (secondary N) is 1. The van der Waals surface area contributed by atoms with Crippen molar-refractivity contribution in [2.45, 2.75) is 60.4 Å². The number of aromatic nitrogens is 3. The van der Waals surface area contributed by atoms with Gasteiger partial charge in [-0.15, -0.1) is 0 Å². The van der Waals surface area contributed by atoms with Crippen molar-refractivity contribution >= 4 is 12.2 Å². The van der Waals surface area contributed by atoms with Gasteiger partial charge in [0.15, 0.2) is 4.77 Å². The predicted octanol–water partition coefficient (Wildman–Crippen LogP) is 3.92. The van der Waals surface area contributed by atoms with Crippen LogP contribution in [0.5, 0.6) is 0 Å². The van der Waals surface area contributed by atoms with Crippen LogP contribution in [0.4, 0.5) is 0 Å². The molecule has 1 N–H and O–H groups in total. The lowest BCUT2D eigenvalue weighted by Crippen LogP contribution is -2.27. The quantitative estimate of drug-likeness (QED) is 0.813. The average Bonchev–Trinajstić information content (AvgIpc) is 2.44. The summed E-state index contributed by atoms with van der Waals surface area (Å²) in [5.74, 6) is 1.62. The minimum absolute atomic E-state index is 0.0168. The molecule has 17 heavy (non-hydrogen) atoms. The molecule has 98 valence electrons. The highest BCUT2D eigenvalue weighted by molar-refractivity contribution is 7.71. The summed E-state index contributed by atoms with van der Waals surface area (Å²) in [6, 6.07) is 0. The van der Waals surface area contributed by atoms with Gasteiger partial charge in [-0.2, -0.15) is 5.10 Å². The van der Waals surface area contributed by atoms with E-state index < -0.39 is 0 Å². The number of hydrogen-bond donors (Lipinski definition) is 1. The highest BCUT2D eigenvalue weighted by Gasteiger charge is 2.25. The van der Waals surface area contributed by atoms with Crippen molar-refractivity contribution < 1.29 is 0 Å². The summed E-state index contributed by atoms with van der Waals surface area (Å²) < 4.78 is 2.85. The minimum atomic E-state index is -0.0168. The van der Waals surface area contributed by atoms with E-state index in [9.17, 15) is 0 Å². The number of nitrogens with zero attached hydrogens (tertiary/aromatic N) is 2. The lowest BCUT2D eigenvalue weighted by Gasteiger charge is -2.29. The number of rotatable bonds is 2. The van der Waals surface area contributed by atoms with E-state index in [4.69, 9.17) is 12.2 Å². The van der Waals surface area contributed by atoms with Gasteiger partial charge in [-0.1, -0.05) is 27.7 Å². The van der Waals surface area contributed by atoms with E-state index in [2.05, 4.69) is 63.2 Å². The van der Waals surface area contributed by atoms with E-state index in [1.807, 2.05) is 0 Å². The molecule has 0 spiro atoms. The Morgan fingerprint density at radius 2 is 1.76 bits per heavy atom. The van der Waals surface area contributed by atoms with Crippen LogP contribution in [0.3, 0.4) is 0 Å². The molecule has 1 unspecified atom stereocenters. The van der Waals surface area contributed by atoms with E-state index in [0.29, 0.717) is 10.7 Å². The molecule has 0 aliphatic carbocycles. The summed E-state index contributed by atoms with van der Waals surface area (Å²) in [7, 11) is 0. The molecule has 0 saturated carbocycles. The molecular weight excluding hydrogens is 230 g/mol. The summed E-state index contributed by atoms with van der Waals surface area (Å²) in [6.07, 6.45) is 0.952. The summed E-state index contributed by atoms with van der Waals surface area (Å²) in [6.45, 7) is 15.5. The van der Waals surface area contributed by atoms with E-state index in [1.54, 1.807) is 0 Å². The zero-order valence-corrected chi connectivity index (χ0v) is 12.9. The first-order valence-electron chi connectivity index (χ1n) is 6.20. The highest BCUT2D eigenvalue weighted by atomic mass is 32.1. The molecule has 3 nitrogen and oxygen atoms in total. The molecule has 1 heterocycles. The number of hydrogen-bond acceptors (Lipinski definition) is 2. The van der Waals surface area contributed by atoms with Crippen LogP contribution in [0.1, 0.15) is 54.3 Å². The third kappa shape index (κ3) is 3.41. The molecule has 0 bridgehead atoms. The number of aromatic amines is 1. The Kier molecular flexibility index (Phi) is 3.87. The lowest BCUT2D eigenvalue weighted by atomic mass is 9.80. The maximum absolute atomic E-state index is 5.31. The standard InChI is InChI=1S/C13H25N3S/c1-9(12(2,3)4)8-10-14-15-11(17)16(10)13(5,6)7/h9H,8H2,1-7H3,(H,15,17). The Morgan fingerprint density at radius 3 is 2.18 bits per heavy atom. The first kappa shape index (κ1) is 14.4. The van der Waals surface area contributed by atoms with Crippen LogP contribution in [-0.2, 0) is 12.0 Å². The monoisotopic (exact) mass is 255 g/mol. The van der Waals surface area contributed by atoms with E-state index >= 15 is 0 Å². The van der Waals surface area contributed by atoms with Gasteiger partial charge in [0.05, 0.1) is 0 Å². The van der Waals surface area contributed by atoms with Gasteiger partial charge in [0.2, 0.25) is 0 Å². The zero-order chi connectivity index (χ0) is 13.4. The molecule has 1 atom stereocenters. The maximum atomic E-state index is 5.31. The Balaban J connectivity index is 3.06. The normalized spacial score (nSPS) is 15.0. The first-order chi connectivity index (χ1) is 7.53. The van der Waals surface area contributed by atoms with Gasteiger partial charge in [-0.3, -0.25) is 9.67 Å². The van der Waals surface area contributed by atoms with Crippen molar-refractivity contribution in [1.29, 1.82) is 0 Å². The van der Waals surface area contributed by atoms with Crippen LogP contribution in [0.15, 0.2) is 0 Å². The molecule has 4 heteroatoms. The average molecular weight is 255 g/mol. The lowest BCUT2D eigenvalue weighted by molar-refractivity contribution is 0.248. The third-order valence-corrected chi connectivity index (χ3v) is 3.65. The highest BCUT2D eigenvalue weighted by Crippen LogP contribution is 2.29. The van der Waals surface area contributed by atoms with Gasteiger partial charge in [0, 0.05) is 12.0 Å². The molecule has 0 aliphatic heterocycles. The topological polar surface area (TPSA) is 33.6 Å². The smallest absolute Gasteiger partial charge is 0.195 e. The summed E-state index contributed by atoms with van der Waals surface area (Å²) in [4.78, 5) is 0. The van der Waals surface area contributed by atoms with Crippen molar-refractivity contribution in [3.63, 3.8) is 0 Å². The van der Waals surface area contributed by atoms with Crippen LogP contribution < -0.4 is 0 Å². The second kappa shape index (κ2) is 4.56. The van der Waals surface area contributed by atoms with Crippen molar-refractivity contribution in [2.24, 2.45) is 11.3 Å². The molecule has 0 amide bonds. The molecular formula is C13H25N3S. The van der Waals surface area contributed by atoms with E-state index in [-0.39, 0.29) is 11.0 Å². The predicted molar refractivity (Wildman–Crippen MR) is 74.7 cm³/mol. The van der Waals surface area contributed by atoms with Gasteiger partial charge >= 0.3 is 0 Å². The van der Waals surface area contributed by atoms with Crippen LogP contribution in [0.2, 0.25) is 0 Å². The summed E-state index contributed by atoms with van der Waals surface area (Å²) >= 11 is 5.31. The Labute approximate surface area is 110 Å². The van der Waals surface area contributed by atoms with Crippen molar-refractivity contribution in [1.82, 2.24) is 14.8 Å². The van der Waals surface area contributed by atoms with Crippen LogP contribution >= 0.6 is 12.2 Å². The second-order valence-electron chi connectivity index (χ2n) is 6.92. The van der Waals surface area contributed by atoms with Crippen molar-refractivity contribution in [2.75, 3.05) is 0 Å². The van der Waals surface area contributed by atoms with Crippen LogP contribution in [0, 0.1) is 16.1 Å². The number of H-pyrrole nitrogens is 1. The van der Waals surface area contributed by atoms with Crippen molar-refractivity contribution in [3.05, 3.63) is 10.6 Å². The molecule has 0 aromatic carbocycles. The third-order valence-electron chi connectivity index (χ3n) is 3.38. The van der Waals surface area contributed by atoms with E-state index in [1.165, 1.54) is 0 Å². The molecule has 1 rings (SSSR count). The molecule has 0 saturated heterocycles. The fourth-order valence-corrected chi connectivity index (χ4v) is 2.16. The van der Waals surface area contributed by atoms with Gasteiger partial charge in [-0.25, -0.2) is 0 Å². The molecule has 0 radical (unpaired) electrons. The Hall–Kier alpha value is -0.640. The fraction of sp³-hybridized carbons (Fsp3) is 0.846. The molecule has 0 fully saturated rings. The molecule has 1 aromatic heterocycles. The maximum Gasteiger partial charge on any atom is 0.195 e. The largest absolute Gasteiger partial charge is 0.299 e.